The van der Waals surface area contributed by atoms with Gasteiger partial charge in [0.15, 0.2) is 0 Å². The maximum absolute atomic E-state index is 13.0. The molecule has 0 atom stereocenters. The number of nitrogens with one attached hydrogen (secondary N) is 2. The molecule has 6 nitrogen and oxygen atoms in total. The molecule has 4 aromatic rings. The Morgan fingerprint density at radius 2 is 1.82 bits per heavy atom. The first-order chi connectivity index (χ1) is 16.7. The van der Waals surface area contributed by atoms with Crippen LogP contribution in [0.5, 0.6) is 0 Å². The number of pyridine rings is 2. The van der Waals surface area contributed by atoms with E-state index in [-0.39, 0.29) is 5.91 Å². The van der Waals surface area contributed by atoms with E-state index in [9.17, 15) is 10.1 Å². The zero-order valence-corrected chi connectivity index (χ0v) is 19.0. The van der Waals surface area contributed by atoms with Crippen LogP contribution in [-0.4, -0.2) is 22.4 Å². The Morgan fingerprint density at radius 3 is 2.62 bits per heavy atom. The quantitative estimate of drug-likeness (QED) is 0.401. The molecule has 0 aliphatic carbocycles. The van der Waals surface area contributed by atoms with Crippen LogP contribution in [0.2, 0.25) is 0 Å². The second kappa shape index (κ2) is 10.9. The van der Waals surface area contributed by atoms with Gasteiger partial charge in [-0.05, 0) is 54.3 Å². The Labute approximate surface area is 199 Å². The van der Waals surface area contributed by atoms with Gasteiger partial charge in [-0.3, -0.25) is 9.78 Å². The van der Waals surface area contributed by atoms with E-state index in [0.29, 0.717) is 35.7 Å². The lowest BCUT2D eigenvalue weighted by molar-refractivity contribution is 0.0951. The summed E-state index contributed by atoms with van der Waals surface area (Å²) in [5.41, 5.74) is 5.74. The minimum atomic E-state index is -0.227. The standard InChI is InChI=1S/C28H25N5O/c1-20-7-2-3-9-22(20)14-16-31-27-25(28(34)32-19-21-8-6-15-30-18-21)12-13-26(33-27)24-11-5-4-10-23(24)17-29/h2-13,15,18H,14,16,19H2,1H3,(H,31,33)(H,32,34). The predicted molar refractivity (Wildman–Crippen MR) is 133 cm³/mol. The Morgan fingerprint density at radius 1 is 1.00 bits per heavy atom. The summed E-state index contributed by atoms with van der Waals surface area (Å²) in [6.07, 6.45) is 4.22. The Bertz CT molecular complexity index is 1330. The molecule has 1 amide bonds. The monoisotopic (exact) mass is 447 g/mol. The molecular formula is C28H25N5O. The molecule has 2 aromatic heterocycles. The number of nitrogens with zero attached hydrogens (tertiary/aromatic N) is 3. The molecule has 0 aliphatic heterocycles. The molecule has 4 rings (SSSR count). The third-order valence-corrected chi connectivity index (χ3v) is 5.59. The molecule has 0 radical (unpaired) electrons. The highest BCUT2D eigenvalue weighted by Gasteiger charge is 2.16. The van der Waals surface area contributed by atoms with Gasteiger partial charge in [-0.1, -0.05) is 48.5 Å². The molecule has 0 spiro atoms. The number of aryl methyl sites for hydroxylation is 1. The Balaban J connectivity index is 1.59. The van der Waals surface area contributed by atoms with Crippen molar-refractivity contribution in [2.75, 3.05) is 11.9 Å². The van der Waals surface area contributed by atoms with Crippen molar-refractivity contribution >= 4 is 11.7 Å². The van der Waals surface area contributed by atoms with Crippen molar-refractivity contribution < 1.29 is 4.79 Å². The van der Waals surface area contributed by atoms with Crippen molar-refractivity contribution in [1.82, 2.24) is 15.3 Å². The summed E-state index contributed by atoms with van der Waals surface area (Å²) in [6, 6.07) is 25.1. The molecule has 0 aliphatic rings. The number of benzene rings is 2. The minimum absolute atomic E-state index is 0.227. The van der Waals surface area contributed by atoms with Crippen LogP contribution in [0.1, 0.15) is 32.6 Å². The third-order valence-electron chi connectivity index (χ3n) is 5.59. The molecule has 0 unspecified atom stereocenters. The molecule has 0 fully saturated rings. The van der Waals surface area contributed by atoms with Gasteiger partial charge in [0.1, 0.15) is 5.82 Å². The summed E-state index contributed by atoms with van der Waals surface area (Å²) in [5, 5.41) is 15.8. The average molecular weight is 448 g/mol. The number of anilines is 1. The van der Waals surface area contributed by atoms with E-state index in [4.69, 9.17) is 4.98 Å². The maximum atomic E-state index is 13.0. The van der Waals surface area contributed by atoms with Gasteiger partial charge in [-0.15, -0.1) is 0 Å². The first-order valence-electron chi connectivity index (χ1n) is 11.1. The van der Waals surface area contributed by atoms with E-state index in [0.717, 1.165) is 17.5 Å². The lowest BCUT2D eigenvalue weighted by atomic mass is 10.0. The fraction of sp³-hybridized carbons (Fsp3) is 0.143. The number of hydrogen-bond acceptors (Lipinski definition) is 5. The molecule has 34 heavy (non-hydrogen) atoms. The van der Waals surface area contributed by atoms with Gasteiger partial charge in [0.25, 0.3) is 5.91 Å². The molecule has 0 saturated carbocycles. The van der Waals surface area contributed by atoms with E-state index >= 15 is 0 Å². The molecule has 2 heterocycles. The van der Waals surface area contributed by atoms with Crippen LogP contribution in [0.15, 0.2) is 85.2 Å². The van der Waals surface area contributed by atoms with Gasteiger partial charge in [-0.2, -0.15) is 5.26 Å². The summed E-state index contributed by atoms with van der Waals surface area (Å²) in [4.78, 5) is 21.9. The van der Waals surface area contributed by atoms with Crippen LogP contribution in [0.4, 0.5) is 5.82 Å². The zero-order chi connectivity index (χ0) is 23.8. The summed E-state index contributed by atoms with van der Waals surface area (Å²) in [7, 11) is 0. The predicted octanol–water partition coefficient (Wildman–Crippen LogP) is 4.91. The molecule has 0 saturated heterocycles. The summed E-state index contributed by atoms with van der Waals surface area (Å²) in [5.74, 6) is 0.261. The highest BCUT2D eigenvalue weighted by atomic mass is 16.1. The summed E-state index contributed by atoms with van der Waals surface area (Å²) >= 11 is 0. The lowest BCUT2D eigenvalue weighted by Gasteiger charge is -2.14. The molecular weight excluding hydrogens is 422 g/mol. The number of hydrogen-bond donors (Lipinski definition) is 2. The number of carbonyl (C=O) groups is 1. The van der Waals surface area contributed by atoms with Gasteiger partial charge >= 0.3 is 0 Å². The minimum Gasteiger partial charge on any atom is -0.369 e. The molecule has 2 aromatic carbocycles. The average Bonchev–Trinajstić information content (AvgIpc) is 2.89. The van der Waals surface area contributed by atoms with Crippen LogP contribution < -0.4 is 10.6 Å². The van der Waals surface area contributed by atoms with Crippen molar-refractivity contribution in [1.29, 1.82) is 5.26 Å². The fourth-order valence-corrected chi connectivity index (χ4v) is 3.72. The molecule has 168 valence electrons. The smallest absolute Gasteiger partial charge is 0.255 e. The van der Waals surface area contributed by atoms with Crippen LogP contribution in [0.3, 0.4) is 0 Å². The second-order valence-electron chi connectivity index (χ2n) is 7.90. The van der Waals surface area contributed by atoms with Gasteiger partial charge in [0, 0.05) is 31.0 Å². The van der Waals surface area contributed by atoms with Crippen molar-refractivity contribution in [2.24, 2.45) is 0 Å². The highest BCUT2D eigenvalue weighted by molar-refractivity contribution is 5.99. The zero-order valence-electron chi connectivity index (χ0n) is 19.0. The van der Waals surface area contributed by atoms with Gasteiger partial charge < -0.3 is 10.6 Å². The molecule has 6 heteroatoms. The number of aromatic nitrogens is 2. The van der Waals surface area contributed by atoms with E-state index in [1.807, 2.05) is 42.5 Å². The molecule has 2 N–H and O–H groups in total. The van der Waals surface area contributed by atoms with Gasteiger partial charge in [-0.25, -0.2) is 4.98 Å². The van der Waals surface area contributed by atoms with Crippen molar-refractivity contribution in [3.05, 3.63) is 113 Å². The van der Waals surface area contributed by atoms with Gasteiger partial charge in [0.2, 0.25) is 0 Å². The number of rotatable bonds is 8. The van der Waals surface area contributed by atoms with Crippen LogP contribution in [0.25, 0.3) is 11.3 Å². The fourth-order valence-electron chi connectivity index (χ4n) is 3.72. The van der Waals surface area contributed by atoms with Crippen molar-refractivity contribution in [2.45, 2.75) is 19.9 Å². The Hall–Kier alpha value is -4.50. The SMILES string of the molecule is Cc1ccccc1CCNc1nc(-c2ccccc2C#N)ccc1C(=O)NCc1cccnc1. The van der Waals surface area contributed by atoms with Crippen LogP contribution in [0, 0.1) is 18.3 Å². The number of carbonyl (C=O) groups excluding carboxylic acids is 1. The number of amides is 1. The van der Waals surface area contributed by atoms with E-state index in [1.165, 1.54) is 11.1 Å². The topological polar surface area (TPSA) is 90.7 Å². The van der Waals surface area contributed by atoms with Crippen molar-refractivity contribution in [3.63, 3.8) is 0 Å². The third kappa shape index (κ3) is 5.45. The van der Waals surface area contributed by atoms with Crippen LogP contribution >= 0.6 is 0 Å². The van der Waals surface area contributed by atoms with E-state index < -0.39 is 0 Å². The summed E-state index contributed by atoms with van der Waals surface area (Å²) < 4.78 is 0. The molecule has 0 bridgehead atoms. The van der Waals surface area contributed by atoms with E-state index in [2.05, 4.69) is 40.7 Å². The highest BCUT2D eigenvalue weighted by Crippen LogP contribution is 2.25. The van der Waals surface area contributed by atoms with Crippen molar-refractivity contribution in [3.8, 4) is 17.3 Å². The van der Waals surface area contributed by atoms with E-state index in [1.54, 1.807) is 30.6 Å². The Kier molecular flexibility index (Phi) is 7.26. The first kappa shape index (κ1) is 22.7. The second-order valence-corrected chi connectivity index (χ2v) is 7.90. The normalized spacial score (nSPS) is 10.4. The summed E-state index contributed by atoms with van der Waals surface area (Å²) in [6.45, 7) is 3.07. The van der Waals surface area contributed by atoms with Gasteiger partial charge in [0.05, 0.1) is 22.9 Å². The largest absolute Gasteiger partial charge is 0.369 e. The first-order valence-corrected chi connectivity index (χ1v) is 11.1. The van der Waals surface area contributed by atoms with Crippen LogP contribution in [-0.2, 0) is 13.0 Å². The lowest BCUT2D eigenvalue weighted by Crippen LogP contribution is -2.25. The number of nitriles is 1. The maximum Gasteiger partial charge on any atom is 0.255 e.